The first kappa shape index (κ1) is 91.5. The van der Waals surface area contributed by atoms with Crippen LogP contribution in [0, 0.1) is 55.4 Å². The Balaban J connectivity index is 0.000000122. The zero-order chi connectivity index (χ0) is 102. The molecule has 0 heterocycles. The molecule has 0 bridgehead atoms. The van der Waals surface area contributed by atoms with Crippen molar-refractivity contribution in [2.75, 3.05) is 14.7 Å². The fraction of sp³-hybridized carbons (Fsp3) is 0.0629. The number of nitrogens with zero attached hydrogens (tertiary/aromatic N) is 3. The topological polar surface area (TPSA) is 9.72 Å². The van der Waals surface area contributed by atoms with Crippen molar-refractivity contribution >= 4 is 204 Å². The summed E-state index contributed by atoms with van der Waals surface area (Å²) >= 11 is 0. The first-order valence-corrected chi connectivity index (χ1v) is 51.9. The van der Waals surface area contributed by atoms with E-state index in [9.17, 15) is 0 Å². The van der Waals surface area contributed by atoms with E-state index in [4.69, 9.17) is 2.56 Å². The summed E-state index contributed by atoms with van der Waals surface area (Å²) in [6, 6.07) is 190. The highest BCUT2D eigenvalue weighted by molar-refractivity contribution is 7.00. The third-order valence-corrected chi connectivity index (χ3v) is 31.4. The molecule has 149 heavy (non-hydrogen) atoms. The molecule has 0 spiro atoms. The molecule has 0 saturated heterocycles. The summed E-state index contributed by atoms with van der Waals surface area (Å²) < 4.78 is 11.8. The molecular weight excluding hydrogens is 1810 g/mol. The Morgan fingerprint density at radius 1 is 0.215 bits per heavy atom. The van der Waals surface area contributed by atoms with Crippen molar-refractivity contribution in [1.29, 1.82) is 2.56 Å². The minimum Gasteiger partial charge on any atom is -0.310 e. The van der Waals surface area contributed by atoms with Gasteiger partial charge in [0, 0.05) is 50.6 Å². The maximum Gasteiger partial charge on any atom is 0.243 e. The second-order valence-electron chi connectivity index (χ2n) is 40.3. The first-order valence-electron chi connectivity index (χ1n) is 52.9. The van der Waals surface area contributed by atoms with E-state index in [1.165, 1.54) is 230 Å². The van der Waals surface area contributed by atoms with Gasteiger partial charge in [-0.05, 0) is 294 Å². The molecule has 6 heteroatoms. The lowest BCUT2D eigenvalue weighted by atomic mass is 9.33. The van der Waals surface area contributed by atoms with Gasteiger partial charge < -0.3 is 14.7 Å². The molecule has 0 amide bonds. The SMILES string of the molecule is Cc1cc(C)c(B(c2c(C)cc(C)cc2C)c2cc(C)c3ccc4c(-c5ccccc5)cc(C)c5ccc2c3c54)c(C)c1.[2H]P[3H].c1ccc(N(c2ccccc2)c2ccc3c(c2)C(c2ccccc2)(c2ccccc2)c2cccc4c(B(c5cccc6ccccc56)c5cccc6ccccc56)ccc-3c24)cc1.c1ccc(N(c2ccccc2)c2ccc3ccc4c(N(c5ccccc5)c5ccccc5)ccc5ccc2c3c54)cc1. The highest BCUT2D eigenvalue weighted by Crippen LogP contribution is 2.58. The molecule has 1 aliphatic carbocycles. The molecular formula is C143H112B2N3P. The summed E-state index contributed by atoms with van der Waals surface area (Å²) in [6.07, 6.45) is 0. The summed E-state index contributed by atoms with van der Waals surface area (Å²) in [5.41, 5.74) is 38.7. The fourth-order valence-corrected chi connectivity index (χ4v) is 25.4. The van der Waals surface area contributed by atoms with Gasteiger partial charge in [0.15, 0.2) is 0 Å². The summed E-state index contributed by atoms with van der Waals surface area (Å²) in [7, 11) is -0.417. The van der Waals surface area contributed by atoms with Gasteiger partial charge in [0.05, 0.1) is 19.3 Å². The highest BCUT2D eigenvalue weighted by Gasteiger charge is 2.46. The Bertz CT molecular complexity index is 9030. The van der Waals surface area contributed by atoms with Gasteiger partial charge in [-0.15, -0.1) is 0 Å². The molecule has 1 aliphatic rings. The van der Waals surface area contributed by atoms with Crippen LogP contribution in [-0.4, -0.2) is 16.0 Å². The average molecular weight is 1930 g/mol. The third-order valence-electron chi connectivity index (χ3n) is 31.4. The van der Waals surface area contributed by atoms with E-state index < -0.39 is 15.2 Å². The van der Waals surface area contributed by atoms with E-state index in [0.29, 0.717) is 0 Å². The molecule has 0 N–H and O–H groups in total. The van der Waals surface area contributed by atoms with E-state index in [-0.39, 0.29) is 13.4 Å². The average Bonchev–Trinajstić information content (AvgIpc) is 0.693. The molecule has 26 aromatic rings. The van der Waals surface area contributed by atoms with Crippen LogP contribution in [0.5, 0.6) is 0 Å². The molecule has 1 unspecified atom stereocenters. The lowest BCUT2D eigenvalue weighted by Crippen LogP contribution is -2.56. The number of benzene rings is 26. The number of aryl methyl sites for hydroxylation is 8. The smallest absolute Gasteiger partial charge is 0.243 e. The molecule has 27 rings (SSSR count). The minimum absolute atomic E-state index is 0.0385. The summed E-state index contributed by atoms with van der Waals surface area (Å²) in [4.78, 5) is 7.12. The van der Waals surface area contributed by atoms with Crippen LogP contribution in [0.1, 0.15) is 66.8 Å². The predicted octanol–water partition coefficient (Wildman–Crippen LogP) is 34.3. The number of anilines is 9. The van der Waals surface area contributed by atoms with Gasteiger partial charge in [-0.3, -0.25) is 0 Å². The largest absolute Gasteiger partial charge is 0.310 e. The van der Waals surface area contributed by atoms with Crippen LogP contribution in [-0.2, 0) is 5.41 Å². The van der Waals surface area contributed by atoms with Gasteiger partial charge in [0.25, 0.3) is 0 Å². The van der Waals surface area contributed by atoms with Gasteiger partial charge in [0.2, 0.25) is 13.4 Å². The summed E-state index contributed by atoms with van der Waals surface area (Å²) in [6.45, 7) is 18.3. The number of hydrogen-bond acceptors (Lipinski definition) is 3. The molecule has 0 fully saturated rings. The van der Waals surface area contributed by atoms with Crippen molar-refractivity contribution in [3.8, 4) is 22.3 Å². The van der Waals surface area contributed by atoms with E-state index in [1.807, 2.05) is 0 Å². The molecule has 3 nitrogen and oxygen atoms in total. The standard InChI is InChI=1S/C61H42BN.C42H39B.C40H28N2.H3P/c1-5-24-45(25-6-1)61(46-26-7-2-8-27-46)55-35-19-34-54-59(62(57-36-17-22-43-20-13-15-32-50(43)57)58-37-18-23-44-21-14-16-33-51(44)58)41-40-53(60(54)55)52-39-38-49(42-56(52)61)63(47-28-9-3-10-29-47)48-30-11-4-12-31-48;1-24-18-28(5)41(29(6)19-24)43(42-30(7)20-25(2)21-31(42)8)38-23-27(4)34-14-16-35-37(32-12-10-9-11-13-32)22-26(3)33-15-17-36(38)40(34)39(33)35;1-5-13-31(14-6-1)41(32-15-7-2-8-16-32)37-27-23-29-22-26-36-38(28-24-30-21-25-35(37)39(29)40(30)36)42(33-17-9-3-10-18-33)34-19-11-4-12-20-34;/h1-42H;9-23H,1-8H3;1-28H;1H3/i;;;1TD. The molecule has 26 aromatic carbocycles. The van der Waals surface area contributed by atoms with E-state index in [1.54, 1.807) is 0 Å². The fourth-order valence-electron chi connectivity index (χ4n) is 25.4. The van der Waals surface area contributed by atoms with Crippen LogP contribution >= 0.6 is 9.79 Å². The minimum atomic E-state index is -0.646. The Morgan fingerprint density at radius 3 is 1.01 bits per heavy atom. The van der Waals surface area contributed by atoms with Crippen molar-refractivity contribution in [3.63, 3.8) is 0 Å². The Kier molecular flexibility index (Phi) is 24.2. The lowest BCUT2D eigenvalue weighted by molar-refractivity contribution is 0.750. The van der Waals surface area contributed by atoms with Crippen molar-refractivity contribution in [3.05, 3.63) is 582 Å². The Labute approximate surface area is 880 Å². The van der Waals surface area contributed by atoms with E-state index >= 15 is 0 Å². The van der Waals surface area contributed by atoms with Crippen molar-refractivity contribution in [2.45, 2.75) is 60.8 Å². The summed E-state index contributed by atoms with van der Waals surface area (Å²) in [5, 5.41) is 23.4. The Hall–Kier alpha value is -17.5. The molecule has 0 saturated carbocycles. The lowest BCUT2D eigenvalue weighted by Gasteiger charge is -2.43. The van der Waals surface area contributed by atoms with E-state index in [2.05, 4.69) is 586 Å². The third kappa shape index (κ3) is 16.4. The zero-order valence-electron chi connectivity index (χ0n) is 87.1. The normalized spacial score (nSPS) is 12.1. The number of rotatable bonds is 18. The van der Waals surface area contributed by atoms with Gasteiger partial charge in [-0.1, -0.05) is 485 Å². The van der Waals surface area contributed by atoms with Crippen LogP contribution in [0.3, 0.4) is 0 Å². The van der Waals surface area contributed by atoms with Crippen molar-refractivity contribution < 1.29 is 0 Å². The maximum absolute atomic E-state index is 5.90. The van der Waals surface area contributed by atoms with Crippen LogP contribution in [0.15, 0.2) is 516 Å². The van der Waals surface area contributed by atoms with Crippen molar-refractivity contribution in [1.82, 2.24) is 0 Å². The van der Waals surface area contributed by atoms with Crippen LogP contribution in [0.25, 0.3) is 119 Å². The highest BCUT2D eigenvalue weighted by atomic mass is 31.0. The molecule has 0 aliphatic heterocycles. The zero-order valence-corrected chi connectivity index (χ0v) is 86.1. The van der Waals surface area contributed by atoms with Gasteiger partial charge in [0.1, 0.15) is 0 Å². The number of para-hydroxylation sites is 6. The molecule has 710 valence electrons. The number of fused-ring (bicyclic) bond motifs is 4. The molecule has 0 aromatic heterocycles. The second-order valence-corrected chi connectivity index (χ2v) is 40.3. The maximum atomic E-state index is 5.90. The van der Waals surface area contributed by atoms with Gasteiger partial charge in [-0.25, -0.2) is 0 Å². The second kappa shape index (κ2) is 39.5. The van der Waals surface area contributed by atoms with Gasteiger partial charge >= 0.3 is 0 Å². The van der Waals surface area contributed by atoms with Crippen LogP contribution in [0.2, 0.25) is 0 Å². The molecule has 1 atom stereocenters. The number of hydrogen-bond donors (Lipinski definition) is 0. The van der Waals surface area contributed by atoms with Crippen LogP contribution < -0.4 is 47.5 Å². The van der Waals surface area contributed by atoms with Gasteiger partial charge in [-0.2, -0.15) is 9.79 Å². The van der Waals surface area contributed by atoms with Crippen LogP contribution in [0.4, 0.5) is 51.2 Å². The molecule has 0 radical (unpaired) electrons. The first-order chi connectivity index (χ1) is 74.2. The quantitative estimate of drug-likeness (QED) is 0.0482. The Morgan fingerprint density at radius 2 is 0.557 bits per heavy atom. The monoisotopic (exact) mass is 1930 g/mol. The summed E-state index contributed by atoms with van der Waals surface area (Å²) in [5.74, 6) is 0. The van der Waals surface area contributed by atoms with Crippen molar-refractivity contribution in [2.24, 2.45) is 0 Å². The van der Waals surface area contributed by atoms with E-state index in [0.717, 1.165) is 39.8 Å². The predicted molar refractivity (Wildman–Crippen MR) is 650 cm³/mol.